The van der Waals surface area contributed by atoms with Crippen LogP contribution in [0.2, 0.25) is 0 Å². The summed E-state index contributed by atoms with van der Waals surface area (Å²) in [6.07, 6.45) is 3.20. The molecule has 3 heteroatoms. The van der Waals surface area contributed by atoms with Gasteiger partial charge in [-0.15, -0.1) is 0 Å². The first-order valence-corrected chi connectivity index (χ1v) is 7.85. The lowest BCUT2D eigenvalue weighted by molar-refractivity contribution is -0.132. The van der Waals surface area contributed by atoms with Gasteiger partial charge in [-0.05, 0) is 64.1 Å². The van der Waals surface area contributed by atoms with E-state index >= 15 is 0 Å². The Hall–Kier alpha value is -0.440. The van der Waals surface area contributed by atoms with E-state index in [1.165, 1.54) is 0 Å². The van der Waals surface area contributed by atoms with E-state index in [0.29, 0.717) is 30.5 Å². The maximum Gasteiger partial charge on any atom is 0.139 e. The number of carbonyl (C=O) groups is 1. The molecule has 1 heterocycles. The minimum atomic E-state index is -0.754. The van der Waals surface area contributed by atoms with Crippen LogP contribution >= 0.6 is 0 Å². The van der Waals surface area contributed by atoms with Crippen molar-refractivity contribution in [2.24, 2.45) is 23.7 Å². The molecule has 19 heavy (non-hydrogen) atoms. The summed E-state index contributed by atoms with van der Waals surface area (Å²) in [5.41, 5.74) is 0. The standard InChI is InChI=1S/C16H28FNO/c1-11(2)14-5-4-13(17)10-15(14)16(19)12-6-8-18(3)9-7-12/h11-15H,4-10H2,1-3H3. The third-order valence-electron chi connectivity index (χ3n) is 5.18. The van der Waals surface area contributed by atoms with E-state index in [4.69, 9.17) is 0 Å². The number of Topliss-reactive ketones (excluding diaryl/α,β-unsaturated/α-hetero) is 1. The Labute approximate surface area is 116 Å². The first kappa shape index (κ1) is 15.0. The van der Waals surface area contributed by atoms with E-state index in [2.05, 4.69) is 25.8 Å². The van der Waals surface area contributed by atoms with Crippen LogP contribution in [0.25, 0.3) is 0 Å². The van der Waals surface area contributed by atoms with E-state index in [1.54, 1.807) is 0 Å². The maximum absolute atomic E-state index is 13.7. The highest BCUT2D eigenvalue weighted by Gasteiger charge is 2.39. The van der Waals surface area contributed by atoms with E-state index < -0.39 is 6.17 Å². The molecule has 1 aliphatic heterocycles. The van der Waals surface area contributed by atoms with Gasteiger partial charge < -0.3 is 4.90 Å². The van der Waals surface area contributed by atoms with Gasteiger partial charge in [-0.2, -0.15) is 0 Å². The lowest BCUT2D eigenvalue weighted by Gasteiger charge is -2.38. The number of hydrogen-bond acceptors (Lipinski definition) is 2. The molecule has 0 amide bonds. The van der Waals surface area contributed by atoms with E-state index in [9.17, 15) is 9.18 Å². The fourth-order valence-corrected chi connectivity index (χ4v) is 3.86. The highest BCUT2D eigenvalue weighted by Crippen LogP contribution is 2.39. The molecule has 1 saturated heterocycles. The number of piperidine rings is 1. The van der Waals surface area contributed by atoms with Crippen LogP contribution < -0.4 is 0 Å². The summed E-state index contributed by atoms with van der Waals surface area (Å²) in [6, 6.07) is 0. The average molecular weight is 269 g/mol. The summed E-state index contributed by atoms with van der Waals surface area (Å²) in [5, 5.41) is 0. The predicted molar refractivity (Wildman–Crippen MR) is 75.8 cm³/mol. The Kier molecular flexibility index (Phi) is 4.99. The fourth-order valence-electron chi connectivity index (χ4n) is 3.86. The summed E-state index contributed by atoms with van der Waals surface area (Å²) in [7, 11) is 2.11. The van der Waals surface area contributed by atoms with Crippen molar-refractivity contribution in [2.75, 3.05) is 20.1 Å². The molecular formula is C16H28FNO. The zero-order chi connectivity index (χ0) is 14.0. The second-order valence-corrected chi connectivity index (χ2v) is 6.90. The van der Waals surface area contributed by atoms with Crippen molar-refractivity contribution in [2.45, 2.75) is 52.1 Å². The molecule has 3 unspecified atom stereocenters. The molecule has 1 saturated carbocycles. The zero-order valence-electron chi connectivity index (χ0n) is 12.6. The van der Waals surface area contributed by atoms with Crippen molar-refractivity contribution >= 4 is 5.78 Å². The van der Waals surface area contributed by atoms with Gasteiger partial charge in [0, 0.05) is 11.8 Å². The molecule has 2 aliphatic rings. The van der Waals surface area contributed by atoms with Gasteiger partial charge in [0.1, 0.15) is 12.0 Å². The van der Waals surface area contributed by atoms with Gasteiger partial charge >= 0.3 is 0 Å². The van der Waals surface area contributed by atoms with Gasteiger partial charge in [0.15, 0.2) is 0 Å². The van der Waals surface area contributed by atoms with Gasteiger partial charge in [-0.1, -0.05) is 13.8 Å². The summed E-state index contributed by atoms with van der Waals surface area (Å²) in [5.74, 6) is 1.44. The number of likely N-dealkylation sites (tertiary alicyclic amines) is 1. The Bertz CT molecular complexity index is 310. The van der Waals surface area contributed by atoms with Crippen LogP contribution in [0.15, 0.2) is 0 Å². The summed E-state index contributed by atoms with van der Waals surface area (Å²) < 4.78 is 13.7. The summed E-state index contributed by atoms with van der Waals surface area (Å²) in [6.45, 7) is 6.37. The van der Waals surface area contributed by atoms with Crippen molar-refractivity contribution in [3.63, 3.8) is 0 Å². The third kappa shape index (κ3) is 3.56. The monoisotopic (exact) mass is 269 g/mol. The lowest BCUT2D eigenvalue weighted by Crippen LogP contribution is -2.41. The van der Waals surface area contributed by atoms with Crippen LogP contribution in [0.5, 0.6) is 0 Å². The molecule has 0 spiro atoms. The topological polar surface area (TPSA) is 20.3 Å². The number of ketones is 1. The molecule has 0 bridgehead atoms. The first-order valence-electron chi connectivity index (χ1n) is 7.85. The van der Waals surface area contributed by atoms with Crippen molar-refractivity contribution in [3.8, 4) is 0 Å². The van der Waals surface area contributed by atoms with Gasteiger partial charge in [-0.3, -0.25) is 4.79 Å². The number of alkyl halides is 1. The van der Waals surface area contributed by atoms with E-state index in [1.807, 2.05) is 0 Å². The SMILES string of the molecule is CC(C)C1CCC(F)CC1C(=O)C1CCN(C)CC1. The van der Waals surface area contributed by atoms with Crippen molar-refractivity contribution in [3.05, 3.63) is 0 Å². The van der Waals surface area contributed by atoms with Gasteiger partial charge in [0.25, 0.3) is 0 Å². The summed E-state index contributed by atoms with van der Waals surface area (Å²) >= 11 is 0. The fraction of sp³-hybridized carbons (Fsp3) is 0.938. The normalized spacial score (nSPS) is 34.7. The minimum absolute atomic E-state index is 0.0165. The van der Waals surface area contributed by atoms with Crippen LogP contribution in [-0.4, -0.2) is 37.0 Å². The van der Waals surface area contributed by atoms with Crippen LogP contribution in [0, 0.1) is 23.7 Å². The Balaban J connectivity index is 2.02. The summed E-state index contributed by atoms with van der Waals surface area (Å²) in [4.78, 5) is 15.0. The number of halogens is 1. The minimum Gasteiger partial charge on any atom is -0.306 e. The van der Waals surface area contributed by atoms with Gasteiger partial charge in [-0.25, -0.2) is 4.39 Å². The molecule has 3 atom stereocenters. The Morgan fingerprint density at radius 2 is 1.79 bits per heavy atom. The van der Waals surface area contributed by atoms with Crippen LogP contribution in [0.1, 0.15) is 46.0 Å². The molecular weight excluding hydrogens is 241 g/mol. The highest BCUT2D eigenvalue weighted by molar-refractivity contribution is 5.84. The second kappa shape index (κ2) is 6.34. The number of hydrogen-bond donors (Lipinski definition) is 0. The Morgan fingerprint density at radius 3 is 2.37 bits per heavy atom. The average Bonchev–Trinajstić information content (AvgIpc) is 2.38. The van der Waals surface area contributed by atoms with E-state index in [0.717, 1.165) is 32.4 Å². The molecule has 2 fully saturated rings. The van der Waals surface area contributed by atoms with Crippen LogP contribution in [0.4, 0.5) is 4.39 Å². The van der Waals surface area contributed by atoms with Crippen LogP contribution in [-0.2, 0) is 4.79 Å². The number of nitrogens with zero attached hydrogens (tertiary/aromatic N) is 1. The zero-order valence-corrected chi connectivity index (χ0v) is 12.6. The van der Waals surface area contributed by atoms with Crippen LogP contribution in [0.3, 0.4) is 0 Å². The molecule has 0 radical (unpaired) electrons. The van der Waals surface area contributed by atoms with Crippen molar-refractivity contribution in [1.29, 1.82) is 0 Å². The molecule has 2 nitrogen and oxygen atoms in total. The molecule has 2 rings (SSSR count). The largest absolute Gasteiger partial charge is 0.306 e. The smallest absolute Gasteiger partial charge is 0.139 e. The van der Waals surface area contributed by atoms with E-state index in [-0.39, 0.29) is 11.8 Å². The molecule has 0 aromatic rings. The van der Waals surface area contributed by atoms with Crippen molar-refractivity contribution < 1.29 is 9.18 Å². The Morgan fingerprint density at radius 1 is 1.16 bits per heavy atom. The lowest BCUT2D eigenvalue weighted by atomic mass is 9.68. The second-order valence-electron chi connectivity index (χ2n) is 6.90. The molecule has 0 N–H and O–H groups in total. The molecule has 0 aromatic carbocycles. The van der Waals surface area contributed by atoms with Crippen molar-refractivity contribution in [1.82, 2.24) is 4.90 Å². The maximum atomic E-state index is 13.7. The predicted octanol–water partition coefficient (Wildman–Crippen LogP) is 3.31. The number of rotatable bonds is 3. The first-order chi connectivity index (χ1) is 8.99. The molecule has 1 aliphatic carbocycles. The van der Waals surface area contributed by atoms with Gasteiger partial charge in [0.2, 0.25) is 0 Å². The third-order valence-corrected chi connectivity index (χ3v) is 5.18. The molecule has 0 aromatic heterocycles. The van der Waals surface area contributed by atoms with Gasteiger partial charge in [0.05, 0.1) is 0 Å². The highest BCUT2D eigenvalue weighted by atomic mass is 19.1. The molecule has 110 valence electrons. The number of carbonyl (C=O) groups excluding carboxylic acids is 1. The quantitative estimate of drug-likeness (QED) is 0.783.